The van der Waals surface area contributed by atoms with Crippen LogP contribution in [0.2, 0.25) is 0 Å². The molecule has 1 saturated heterocycles. The van der Waals surface area contributed by atoms with Crippen LogP contribution in [0.3, 0.4) is 0 Å². The highest BCUT2D eigenvalue weighted by Gasteiger charge is 2.27. The first kappa shape index (κ1) is 11.5. The molecule has 0 aromatic carbocycles. The highest BCUT2D eigenvalue weighted by atomic mass is 32.2. The van der Waals surface area contributed by atoms with Gasteiger partial charge in [-0.05, 0) is 19.8 Å². The van der Waals surface area contributed by atoms with E-state index in [9.17, 15) is 8.42 Å². The summed E-state index contributed by atoms with van der Waals surface area (Å²) in [4.78, 5) is 0. The number of hydrogen-bond donors (Lipinski definition) is 1. The molecular formula is C8H14N4O3S. The Balaban J connectivity index is 2.44. The van der Waals surface area contributed by atoms with Crippen LogP contribution in [0.25, 0.3) is 0 Å². The molecule has 0 spiro atoms. The number of primary sulfonamides is 1. The molecule has 2 heterocycles. The fourth-order valence-electron chi connectivity index (χ4n) is 1.83. The van der Waals surface area contributed by atoms with Gasteiger partial charge >= 0.3 is 0 Å². The molecule has 0 bridgehead atoms. The van der Waals surface area contributed by atoms with Gasteiger partial charge in [0.1, 0.15) is 6.10 Å². The van der Waals surface area contributed by atoms with E-state index in [1.807, 2.05) is 6.92 Å². The van der Waals surface area contributed by atoms with Crippen molar-refractivity contribution >= 4 is 10.0 Å². The molecule has 1 aromatic heterocycles. The third kappa shape index (κ3) is 1.95. The summed E-state index contributed by atoms with van der Waals surface area (Å²) in [6.07, 6.45) is 1.62. The van der Waals surface area contributed by atoms with Crippen LogP contribution in [-0.4, -0.2) is 29.8 Å². The number of sulfonamides is 1. The summed E-state index contributed by atoms with van der Waals surface area (Å²) in [5.41, 5.74) is 0. The largest absolute Gasteiger partial charge is 0.370 e. The maximum absolute atomic E-state index is 11.3. The summed E-state index contributed by atoms with van der Waals surface area (Å²) in [5, 5.41) is 12.3. The van der Waals surface area contributed by atoms with Gasteiger partial charge in [-0.15, -0.1) is 10.2 Å². The van der Waals surface area contributed by atoms with Crippen LogP contribution in [0, 0.1) is 0 Å². The average Bonchev–Trinajstić information content (AvgIpc) is 2.84. The van der Waals surface area contributed by atoms with Crippen LogP contribution in [0.15, 0.2) is 5.16 Å². The van der Waals surface area contributed by atoms with Crippen molar-refractivity contribution in [3.8, 4) is 0 Å². The summed E-state index contributed by atoms with van der Waals surface area (Å²) in [7, 11) is -3.82. The third-order valence-electron chi connectivity index (χ3n) is 2.53. The smallest absolute Gasteiger partial charge is 0.273 e. The fourth-order valence-corrected chi connectivity index (χ4v) is 2.51. The van der Waals surface area contributed by atoms with Crippen LogP contribution >= 0.6 is 0 Å². The van der Waals surface area contributed by atoms with Crippen LogP contribution < -0.4 is 5.14 Å². The molecule has 1 aliphatic heterocycles. The lowest BCUT2D eigenvalue weighted by atomic mass is 10.2. The van der Waals surface area contributed by atoms with Crippen molar-refractivity contribution in [3.63, 3.8) is 0 Å². The molecule has 7 nitrogen and oxygen atoms in total. The number of ether oxygens (including phenoxy) is 1. The number of nitrogens with zero attached hydrogens (tertiary/aromatic N) is 3. The Hall–Kier alpha value is -0.990. The van der Waals surface area contributed by atoms with Gasteiger partial charge in [-0.25, -0.2) is 13.6 Å². The van der Waals surface area contributed by atoms with Crippen molar-refractivity contribution in [2.24, 2.45) is 5.14 Å². The molecule has 0 amide bonds. The Bertz CT molecular complexity index is 475. The van der Waals surface area contributed by atoms with Crippen LogP contribution in [0.4, 0.5) is 0 Å². The summed E-state index contributed by atoms with van der Waals surface area (Å²) < 4.78 is 29.4. The Morgan fingerprint density at radius 1 is 1.56 bits per heavy atom. The Kier molecular flexibility index (Phi) is 2.96. The summed E-state index contributed by atoms with van der Waals surface area (Å²) in [6, 6.07) is 0. The highest BCUT2D eigenvalue weighted by Crippen LogP contribution is 2.27. The molecule has 8 heteroatoms. The van der Waals surface area contributed by atoms with E-state index in [-0.39, 0.29) is 11.3 Å². The van der Waals surface area contributed by atoms with Gasteiger partial charge in [-0.3, -0.25) is 4.57 Å². The average molecular weight is 246 g/mol. The Morgan fingerprint density at radius 2 is 2.31 bits per heavy atom. The molecular weight excluding hydrogens is 232 g/mol. The SMILES string of the molecule is CCn1c(C2CCCO2)nnc1S(N)(=O)=O. The lowest BCUT2D eigenvalue weighted by Gasteiger charge is -2.10. The summed E-state index contributed by atoms with van der Waals surface area (Å²) in [5.74, 6) is 0.545. The van der Waals surface area contributed by atoms with Crippen molar-refractivity contribution in [1.82, 2.24) is 14.8 Å². The van der Waals surface area contributed by atoms with Crippen LogP contribution in [0.1, 0.15) is 31.7 Å². The van der Waals surface area contributed by atoms with E-state index in [1.54, 1.807) is 0 Å². The topological polar surface area (TPSA) is 100 Å². The first-order valence-electron chi connectivity index (χ1n) is 5.11. The van der Waals surface area contributed by atoms with Gasteiger partial charge in [0.25, 0.3) is 15.2 Å². The van der Waals surface area contributed by atoms with Crippen LogP contribution in [-0.2, 0) is 21.3 Å². The molecule has 0 radical (unpaired) electrons. The van der Waals surface area contributed by atoms with E-state index in [4.69, 9.17) is 9.88 Å². The molecule has 1 unspecified atom stereocenters. The third-order valence-corrected chi connectivity index (χ3v) is 3.34. The zero-order valence-corrected chi connectivity index (χ0v) is 9.77. The lowest BCUT2D eigenvalue weighted by molar-refractivity contribution is 0.101. The molecule has 1 fully saturated rings. The fraction of sp³-hybridized carbons (Fsp3) is 0.750. The second kappa shape index (κ2) is 4.11. The molecule has 0 saturated carbocycles. The quantitative estimate of drug-likeness (QED) is 0.795. The van der Waals surface area contributed by atoms with Gasteiger partial charge in [0.2, 0.25) is 0 Å². The van der Waals surface area contributed by atoms with E-state index in [1.165, 1.54) is 4.57 Å². The maximum Gasteiger partial charge on any atom is 0.273 e. The van der Waals surface area contributed by atoms with E-state index in [0.29, 0.717) is 19.0 Å². The minimum Gasteiger partial charge on any atom is -0.370 e. The minimum absolute atomic E-state index is 0.164. The molecule has 2 rings (SSSR count). The summed E-state index contributed by atoms with van der Waals surface area (Å²) in [6.45, 7) is 2.94. The van der Waals surface area contributed by atoms with Gasteiger partial charge in [0.15, 0.2) is 5.82 Å². The number of nitrogens with two attached hydrogens (primary N) is 1. The van der Waals surface area contributed by atoms with Gasteiger partial charge in [-0.2, -0.15) is 0 Å². The molecule has 1 atom stereocenters. The van der Waals surface area contributed by atoms with E-state index in [2.05, 4.69) is 10.2 Å². The summed E-state index contributed by atoms with van der Waals surface area (Å²) >= 11 is 0. The zero-order chi connectivity index (χ0) is 11.8. The van der Waals surface area contributed by atoms with E-state index in [0.717, 1.165) is 12.8 Å². The van der Waals surface area contributed by atoms with Crippen molar-refractivity contribution in [2.45, 2.75) is 37.6 Å². The van der Waals surface area contributed by atoms with Crippen molar-refractivity contribution in [3.05, 3.63) is 5.82 Å². The molecule has 1 aliphatic rings. The Morgan fingerprint density at radius 3 is 2.81 bits per heavy atom. The number of aromatic nitrogens is 3. The first-order valence-corrected chi connectivity index (χ1v) is 6.66. The molecule has 90 valence electrons. The predicted molar refractivity (Wildman–Crippen MR) is 55.0 cm³/mol. The second-order valence-corrected chi connectivity index (χ2v) is 5.09. The zero-order valence-electron chi connectivity index (χ0n) is 8.96. The van der Waals surface area contributed by atoms with Gasteiger partial charge in [-0.1, -0.05) is 0 Å². The van der Waals surface area contributed by atoms with Gasteiger partial charge < -0.3 is 4.74 Å². The standard InChI is InChI=1S/C8H14N4O3S/c1-2-12-7(6-4-3-5-15-6)10-11-8(12)16(9,13)14/h6H,2-5H2,1H3,(H2,9,13,14). The molecule has 0 aliphatic carbocycles. The minimum atomic E-state index is -3.82. The van der Waals surface area contributed by atoms with Crippen LogP contribution in [0.5, 0.6) is 0 Å². The number of hydrogen-bond acceptors (Lipinski definition) is 5. The number of rotatable bonds is 3. The first-order chi connectivity index (χ1) is 7.54. The van der Waals surface area contributed by atoms with Crippen molar-refractivity contribution in [1.29, 1.82) is 0 Å². The van der Waals surface area contributed by atoms with Gasteiger partial charge in [0.05, 0.1) is 0 Å². The van der Waals surface area contributed by atoms with Crippen molar-refractivity contribution < 1.29 is 13.2 Å². The Labute approximate surface area is 93.7 Å². The van der Waals surface area contributed by atoms with E-state index < -0.39 is 10.0 Å². The molecule has 2 N–H and O–H groups in total. The predicted octanol–water partition coefficient (Wildman–Crippen LogP) is -0.203. The highest BCUT2D eigenvalue weighted by molar-refractivity contribution is 7.89. The maximum atomic E-state index is 11.3. The normalized spacial score (nSPS) is 21.5. The molecule has 1 aromatic rings. The second-order valence-electron chi connectivity index (χ2n) is 3.63. The van der Waals surface area contributed by atoms with Gasteiger partial charge in [0, 0.05) is 13.2 Å². The molecule has 16 heavy (non-hydrogen) atoms. The lowest BCUT2D eigenvalue weighted by Crippen LogP contribution is -2.19. The monoisotopic (exact) mass is 246 g/mol. The van der Waals surface area contributed by atoms with E-state index >= 15 is 0 Å². The van der Waals surface area contributed by atoms with Crippen molar-refractivity contribution in [2.75, 3.05) is 6.61 Å².